The minimum atomic E-state index is -0.377. The molecule has 1 aromatic carbocycles. The molecule has 0 fully saturated rings. The Morgan fingerprint density at radius 1 is 1.30 bits per heavy atom. The third kappa shape index (κ3) is 3.85. The summed E-state index contributed by atoms with van der Waals surface area (Å²) in [4.78, 5) is 13.5. The molecule has 1 rings (SSSR count). The van der Waals surface area contributed by atoms with Crippen molar-refractivity contribution in [1.29, 1.82) is 10.5 Å². The van der Waals surface area contributed by atoms with Crippen LogP contribution in [-0.2, 0) is 0 Å². The van der Waals surface area contributed by atoms with E-state index >= 15 is 0 Å². The van der Waals surface area contributed by atoms with Crippen molar-refractivity contribution in [1.82, 2.24) is 4.90 Å². The molecule has 0 saturated carbocycles. The number of rotatable bonds is 3. The largest absolute Gasteiger partial charge is 0.384 e. The summed E-state index contributed by atoms with van der Waals surface area (Å²) in [5.41, 5.74) is 1.74. The fraction of sp³-hybridized carbons (Fsp3) is 0.267. The molecule has 0 aliphatic heterocycles. The highest BCUT2D eigenvalue weighted by atomic mass is 16.2. The molecule has 0 heterocycles. The molecule has 0 bridgehead atoms. The quantitative estimate of drug-likeness (QED) is 0.649. The van der Waals surface area contributed by atoms with Crippen molar-refractivity contribution in [3.05, 3.63) is 34.9 Å². The first-order chi connectivity index (χ1) is 9.63. The molecular formula is C15H13N3O2. The van der Waals surface area contributed by atoms with E-state index in [0.29, 0.717) is 11.1 Å². The van der Waals surface area contributed by atoms with Gasteiger partial charge in [0.05, 0.1) is 12.1 Å². The third-order valence-corrected chi connectivity index (χ3v) is 2.59. The van der Waals surface area contributed by atoms with E-state index in [1.807, 2.05) is 12.1 Å². The number of aliphatic hydroxyl groups excluding tert-OH is 1. The average molecular weight is 267 g/mol. The molecule has 100 valence electrons. The van der Waals surface area contributed by atoms with Gasteiger partial charge in [-0.15, -0.1) is 0 Å². The number of hydrogen-bond donors (Lipinski definition) is 1. The van der Waals surface area contributed by atoms with Crippen LogP contribution in [0.1, 0.15) is 21.5 Å². The predicted molar refractivity (Wildman–Crippen MR) is 72.3 cm³/mol. The lowest BCUT2D eigenvalue weighted by molar-refractivity contribution is 0.0794. The topological polar surface area (TPSA) is 88.1 Å². The molecule has 0 aromatic heterocycles. The lowest BCUT2D eigenvalue weighted by atomic mass is 10.0. The van der Waals surface area contributed by atoms with Gasteiger partial charge in [0.25, 0.3) is 5.91 Å². The number of hydrogen-bond acceptors (Lipinski definition) is 4. The van der Waals surface area contributed by atoms with Gasteiger partial charge < -0.3 is 10.0 Å². The third-order valence-electron chi connectivity index (χ3n) is 2.59. The minimum Gasteiger partial charge on any atom is -0.384 e. The molecule has 5 nitrogen and oxygen atoms in total. The zero-order valence-electron chi connectivity index (χ0n) is 11.1. The maximum Gasteiger partial charge on any atom is 0.255 e. The smallest absolute Gasteiger partial charge is 0.255 e. The molecule has 0 radical (unpaired) electrons. The van der Waals surface area contributed by atoms with Crippen LogP contribution in [0.25, 0.3) is 0 Å². The second-order valence-corrected chi connectivity index (χ2v) is 3.97. The van der Waals surface area contributed by atoms with Gasteiger partial charge in [-0.05, 0) is 24.6 Å². The number of aryl methyl sites for hydroxylation is 1. The molecule has 0 unspecified atom stereocenters. The monoisotopic (exact) mass is 267 g/mol. The highest BCUT2D eigenvalue weighted by Crippen LogP contribution is 2.13. The Hall–Kier alpha value is -2.81. The van der Waals surface area contributed by atoms with Crippen LogP contribution in [0.15, 0.2) is 18.2 Å². The van der Waals surface area contributed by atoms with E-state index < -0.39 is 0 Å². The fourth-order valence-electron chi connectivity index (χ4n) is 1.61. The zero-order chi connectivity index (χ0) is 15.0. The molecule has 0 atom stereocenters. The molecule has 20 heavy (non-hydrogen) atoms. The van der Waals surface area contributed by atoms with E-state index in [4.69, 9.17) is 15.6 Å². The van der Waals surface area contributed by atoms with Gasteiger partial charge in [-0.2, -0.15) is 10.5 Å². The summed E-state index contributed by atoms with van der Waals surface area (Å²) in [5, 5.41) is 26.1. The summed E-state index contributed by atoms with van der Waals surface area (Å²) in [7, 11) is 0. The van der Waals surface area contributed by atoms with Gasteiger partial charge in [-0.25, -0.2) is 0 Å². The first-order valence-corrected chi connectivity index (χ1v) is 5.87. The van der Waals surface area contributed by atoms with Gasteiger partial charge in [0.15, 0.2) is 0 Å². The van der Waals surface area contributed by atoms with E-state index in [1.54, 1.807) is 25.1 Å². The first kappa shape index (κ1) is 15.2. The molecule has 0 aliphatic rings. The molecular weight excluding hydrogens is 254 g/mol. The molecule has 0 aliphatic carbocycles. The van der Waals surface area contributed by atoms with Crippen LogP contribution in [0.5, 0.6) is 0 Å². The van der Waals surface area contributed by atoms with E-state index in [0.717, 1.165) is 5.56 Å². The SMILES string of the molecule is Cc1ccc(C#CCO)cc1C(=O)N(CC#N)CC#N. The Bertz CT molecular complexity index is 626. The van der Waals surface area contributed by atoms with Crippen LogP contribution in [0, 0.1) is 41.4 Å². The molecule has 0 spiro atoms. The summed E-state index contributed by atoms with van der Waals surface area (Å²) >= 11 is 0. The van der Waals surface area contributed by atoms with E-state index in [9.17, 15) is 4.79 Å². The second-order valence-electron chi connectivity index (χ2n) is 3.97. The van der Waals surface area contributed by atoms with Crippen molar-refractivity contribution >= 4 is 5.91 Å². The molecule has 1 aromatic rings. The van der Waals surface area contributed by atoms with Crippen molar-refractivity contribution in [2.75, 3.05) is 19.7 Å². The standard InChI is InChI=1S/C15H13N3O2/c1-12-4-5-13(3-2-10-19)11-14(12)15(20)18(8-6-16)9-7-17/h4-5,11,19H,8-10H2,1H3. The highest BCUT2D eigenvalue weighted by molar-refractivity contribution is 5.96. The van der Waals surface area contributed by atoms with E-state index in [-0.39, 0.29) is 25.6 Å². The number of nitrogens with zero attached hydrogens (tertiary/aromatic N) is 3. The Morgan fingerprint density at radius 3 is 2.50 bits per heavy atom. The number of nitriles is 2. The van der Waals surface area contributed by atoms with Crippen molar-refractivity contribution in [2.24, 2.45) is 0 Å². The van der Waals surface area contributed by atoms with Crippen LogP contribution in [0.4, 0.5) is 0 Å². The number of benzene rings is 1. The van der Waals surface area contributed by atoms with Gasteiger partial charge in [-0.3, -0.25) is 4.79 Å². The van der Waals surface area contributed by atoms with Crippen molar-refractivity contribution < 1.29 is 9.90 Å². The average Bonchev–Trinajstić information content (AvgIpc) is 2.45. The lowest BCUT2D eigenvalue weighted by Gasteiger charge is -2.17. The summed E-state index contributed by atoms with van der Waals surface area (Å²) in [6.07, 6.45) is 0. The number of amides is 1. The summed E-state index contributed by atoms with van der Waals surface area (Å²) < 4.78 is 0. The minimum absolute atomic E-state index is 0.140. The summed E-state index contributed by atoms with van der Waals surface area (Å²) in [6.45, 7) is 1.23. The number of carbonyl (C=O) groups is 1. The van der Waals surface area contributed by atoms with Crippen LogP contribution in [0.2, 0.25) is 0 Å². The van der Waals surface area contributed by atoms with Gasteiger partial charge >= 0.3 is 0 Å². The van der Waals surface area contributed by atoms with Gasteiger partial charge in [-0.1, -0.05) is 17.9 Å². The second kappa shape index (κ2) is 7.59. The van der Waals surface area contributed by atoms with Gasteiger partial charge in [0.2, 0.25) is 0 Å². The predicted octanol–water partition coefficient (Wildman–Crippen LogP) is 0.828. The maximum absolute atomic E-state index is 12.3. The molecule has 1 amide bonds. The Balaban J connectivity index is 3.14. The lowest BCUT2D eigenvalue weighted by Crippen LogP contribution is -2.32. The molecule has 0 saturated heterocycles. The highest BCUT2D eigenvalue weighted by Gasteiger charge is 2.17. The number of aliphatic hydroxyl groups is 1. The van der Waals surface area contributed by atoms with Crippen molar-refractivity contribution in [3.8, 4) is 24.0 Å². The zero-order valence-corrected chi connectivity index (χ0v) is 11.1. The maximum atomic E-state index is 12.3. The number of carbonyl (C=O) groups excluding carboxylic acids is 1. The van der Waals surface area contributed by atoms with Crippen LogP contribution >= 0.6 is 0 Å². The first-order valence-electron chi connectivity index (χ1n) is 5.87. The van der Waals surface area contributed by atoms with Crippen molar-refractivity contribution in [3.63, 3.8) is 0 Å². The van der Waals surface area contributed by atoms with Gasteiger partial charge in [0, 0.05) is 11.1 Å². The van der Waals surface area contributed by atoms with Crippen LogP contribution < -0.4 is 0 Å². The normalized spacial score (nSPS) is 8.80. The fourth-order valence-corrected chi connectivity index (χ4v) is 1.61. The Morgan fingerprint density at radius 2 is 1.95 bits per heavy atom. The summed E-state index contributed by atoms with van der Waals surface area (Å²) in [6, 6.07) is 8.81. The summed E-state index contributed by atoms with van der Waals surface area (Å²) in [5.74, 6) is 4.85. The van der Waals surface area contributed by atoms with Gasteiger partial charge in [0.1, 0.15) is 19.7 Å². The molecule has 1 N–H and O–H groups in total. The van der Waals surface area contributed by atoms with Crippen molar-refractivity contribution in [2.45, 2.75) is 6.92 Å². The van der Waals surface area contributed by atoms with E-state index in [1.165, 1.54) is 4.90 Å². The Labute approximate surface area is 117 Å². The van der Waals surface area contributed by atoms with Crippen LogP contribution in [0.3, 0.4) is 0 Å². The molecule has 5 heteroatoms. The van der Waals surface area contributed by atoms with E-state index in [2.05, 4.69) is 11.8 Å². The Kier molecular flexibility index (Phi) is 5.78. The van der Waals surface area contributed by atoms with Crippen LogP contribution in [-0.4, -0.2) is 35.6 Å².